The molecule has 2 fully saturated rings. The van der Waals surface area contributed by atoms with Gasteiger partial charge in [0.1, 0.15) is 4.90 Å². The fourth-order valence-corrected chi connectivity index (χ4v) is 5.72. The normalized spacial score (nSPS) is 18.2. The lowest BCUT2D eigenvalue weighted by Gasteiger charge is -2.36. The summed E-state index contributed by atoms with van der Waals surface area (Å²) < 4.78 is 32.0. The van der Waals surface area contributed by atoms with Crippen LogP contribution < -0.4 is 4.90 Å². The third-order valence-electron chi connectivity index (χ3n) is 5.41. The summed E-state index contributed by atoms with van der Waals surface area (Å²) in [6, 6.07) is 13.4. The van der Waals surface area contributed by atoms with Crippen molar-refractivity contribution in [3.05, 3.63) is 48.7 Å². The molecule has 0 spiro atoms. The first-order valence-corrected chi connectivity index (χ1v) is 12.7. The second kappa shape index (κ2) is 9.99. The lowest BCUT2D eigenvalue weighted by atomic mass is 10.2. The van der Waals surface area contributed by atoms with Crippen LogP contribution in [0.5, 0.6) is 0 Å². The quantitative estimate of drug-likeness (QED) is 0.602. The van der Waals surface area contributed by atoms with Crippen molar-refractivity contribution in [2.75, 3.05) is 63.1 Å². The van der Waals surface area contributed by atoms with Crippen LogP contribution in [0.3, 0.4) is 0 Å². The monoisotopic (exact) mass is 462 g/mol. The second-order valence-electron chi connectivity index (χ2n) is 7.34. The number of carbonyl (C=O) groups is 1. The molecule has 0 aliphatic carbocycles. The molecule has 2 aliphatic rings. The van der Waals surface area contributed by atoms with Crippen LogP contribution in [-0.2, 0) is 19.6 Å². The molecule has 1 amide bonds. The van der Waals surface area contributed by atoms with Gasteiger partial charge < -0.3 is 14.5 Å². The Morgan fingerprint density at radius 3 is 2.32 bits per heavy atom. The van der Waals surface area contributed by atoms with Gasteiger partial charge in [0.15, 0.2) is 0 Å². The van der Waals surface area contributed by atoms with Crippen molar-refractivity contribution in [2.45, 2.75) is 9.92 Å². The van der Waals surface area contributed by atoms with Gasteiger partial charge in [-0.1, -0.05) is 30.0 Å². The van der Waals surface area contributed by atoms with Crippen LogP contribution in [0.25, 0.3) is 0 Å². The maximum atomic E-state index is 12.7. The number of nitrogens with zero attached hydrogens (tertiary/aromatic N) is 4. The lowest BCUT2D eigenvalue weighted by molar-refractivity contribution is -0.128. The zero-order valence-corrected chi connectivity index (χ0v) is 18.9. The SMILES string of the molecule is O=C(CSc1ccc(S(=O)(=O)N2CCOCC2)cn1)N1CCN(c2ccccc2)CC1. The Morgan fingerprint density at radius 2 is 1.68 bits per heavy atom. The van der Waals surface area contributed by atoms with Gasteiger partial charge in [-0.2, -0.15) is 4.31 Å². The fourth-order valence-electron chi connectivity index (χ4n) is 3.62. The Morgan fingerprint density at radius 1 is 0.968 bits per heavy atom. The van der Waals surface area contributed by atoms with Crippen LogP contribution in [0, 0.1) is 0 Å². The number of ether oxygens (including phenoxy) is 1. The predicted octanol–water partition coefficient (Wildman–Crippen LogP) is 1.54. The van der Waals surface area contributed by atoms with Crippen LogP contribution in [-0.4, -0.2) is 86.7 Å². The summed E-state index contributed by atoms with van der Waals surface area (Å²) in [5.74, 6) is 0.359. The zero-order valence-electron chi connectivity index (χ0n) is 17.2. The number of pyridine rings is 1. The van der Waals surface area contributed by atoms with E-state index in [9.17, 15) is 13.2 Å². The van der Waals surface area contributed by atoms with Crippen molar-refractivity contribution in [1.82, 2.24) is 14.2 Å². The number of thioether (sulfide) groups is 1. The summed E-state index contributed by atoms with van der Waals surface area (Å²) in [7, 11) is -3.55. The van der Waals surface area contributed by atoms with E-state index in [0.717, 1.165) is 13.1 Å². The summed E-state index contributed by atoms with van der Waals surface area (Å²) in [5.41, 5.74) is 1.18. The maximum Gasteiger partial charge on any atom is 0.244 e. The van der Waals surface area contributed by atoms with E-state index in [0.29, 0.717) is 44.4 Å². The maximum absolute atomic E-state index is 12.7. The second-order valence-corrected chi connectivity index (χ2v) is 10.3. The first kappa shape index (κ1) is 22.1. The van der Waals surface area contributed by atoms with Gasteiger partial charge in [0, 0.05) is 51.2 Å². The number of piperazine rings is 1. The van der Waals surface area contributed by atoms with Gasteiger partial charge in [0.2, 0.25) is 15.9 Å². The predicted molar refractivity (Wildman–Crippen MR) is 120 cm³/mol. The van der Waals surface area contributed by atoms with Crippen molar-refractivity contribution in [1.29, 1.82) is 0 Å². The molecule has 8 nitrogen and oxygen atoms in total. The Labute approximate surface area is 187 Å². The Hall–Kier alpha value is -2.14. The molecule has 0 saturated carbocycles. The lowest BCUT2D eigenvalue weighted by Crippen LogP contribution is -2.49. The van der Waals surface area contributed by atoms with Crippen molar-refractivity contribution in [3.63, 3.8) is 0 Å². The van der Waals surface area contributed by atoms with E-state index in [1.165, 1.54) is 28.0 Å². The van der Waals surface area contributed by atoms with Crippen molar-refractivity contribution in [3.8, 4) is 0 Å². The van der Waals surface area contributed by atoms with E-state index in [2.05, 4.69) is 22.0 Å². The summed E-state index contributed by atoms with van der Waals surface area (Å²) in [6.07, 6.45) is 1.37. The Bertz CT molecular complexity index is 972. The van der Waals surface area contributed by atoms with E-state index < -0.39 is 10.0 Å². The van der Waals surface area contributed by atoms with Crippen LogP contribution in [0.4, 0.5) is 5.69 Å². The number of hydrogen-bond donors (Lipinski definition) is 0. The van der Waals surface area contributed by atoms with Gasteiger partial charge >= 0.3 is 0 Å². The molecule has 0 atom stereocenters. The van der Waals surface area contributed by atoms with Crippen molar-refractivity contribution in [2.24, 2.45) is 0 Å². The average Bonchev–Trinajstić information content (AvgIpc) is 2.84. The van der Waals surface area contributed by atoms with E-state index in [-0.39, 0.29) is 16.6 Å². The average molecular weight is 463 g/mol. The number of hydrogen-bond acceptors (Lipinski definition) is 7. The summed E-state index contributed by atoms with van der Waals surface area (Å²) in [4.78, 5) is 21.2. The first-order chi connectivity index (χ1) is 15.0. The highest BCUT2D eigenvalue weighted by Gasteiger charge is 2.27. The van der Waals surface area contributed by atoms with Gasteiger partial charge in [-0.3, -0.25) is 4.79 Å². The summed E-state index contributed by atoms with van der Waals surface area (Å²) >= 11 is 1.33. The number of carbonyl (C=O) groups excluding carboxylic acids is 1. The van der Waals surface area contributed by atoms with E-state index in [1.807, 2.05) is 23.1 Å². The zero-order chi connectivity index (χ0) is 21.7. The molecule has 0 bridgehead atoms. The minimum Gasteiger partial charge on any atom is -0.379 e. The van der Waals surface area contributed by atoms with Gasteiger partial charge in [0.05, 0.1) is 24.0 Å². The van der Waals surface area contributed by atoms with E-state index in [1.54, 1.807) is 12.1 Å². The molecule has 31 heavy (non-hydrogen) atoms. The van der Waals surface area contributed by atoms with Crippen LogP contribution in [0.15, 0.2) is 58.6 Å². The molecule has 0 unspecified atom stereocenters. The first-order valence-electron chi connectivity index (χ1n) is 10.3. The number of aromatic nitrogens is 1. The van der Waals surface area contributed by atoms with Gasteiger partial charge in [-0.05, 0) is 24.3 Å². The molecule has 2 saturated heterocycles. The Balaban J connectivity index is 1.27. The van der Waals surface area contributed by atoms with Crippen LogP contribution in [0.2, 0.25) is 0 Å². The number of para-hydroxylation sites is 1. The number of rotatable bonds is 6. The van der Waals surface area contributed by atoms with Crippen LogP contribution >= 0.6 is 11.8 Å². The van der Waals surface area contributed by atoms with Crippen molar-refractivity contribution < 1.29 is 17.9 Å². The molecule has 0 radical (unpaired) electrons. The Kier molecular flexibility index (Phi) is 7.11. The molecule has 1 aromatic carbocycles. The summed E-state index contributed by atoms with van der Waals surface area (Å²) in [6.45, 7) is 4.52. The number of morpholine rings is 1. The molecule has 2 aromatic rings. The highest BCUT2D eigenvalue weighted by atomic mass is 32.2. The molecule has 2 aliphatic heterocycles. The number of benzene rings is 1. The standard InChI is InChI=1S/C21H26N4O4S2/c26-21(24-10-8-23(9-11-24)18-4-2-1-3-5-18)17-30-20-7-6-19(16-22-20)31(27,28)25-12-14-29-15-13-25/h1-7,16H,8-15,17H2. The van der Waals surface area contributed by atoms with Gasteiger partial charge in [0.25, 0.3) is 0 Å². The van der Waals surface area contributed by atoms with Crippen molar-refractivity contribution >= 4 is 33.4 Å². The third-order valence-corrected chi connectivity index (χ3v) is 8.23. The molecule has 1 aromatic heterocycles. The van der Waals surface area contributed by atoms with Gasteiger partial charge in [-0.15, -0.1) is 0 Å². The molecule has 0 N–H and O–H groups in total. The van der Waals surface area contributed by atoms with Gasteiger partial charge in [-0.25, -0.2) is 13.4 Å². The topological polar surface area (TPSA) is 83.0 Å². The molecule has 3 heterocycles. The summed E-state index contributed by atoms with van der Waals surface area (Å²) in [5, 5.41) is 0.636. The van der Waals surface area contributed by atoms with E-state index >= 15 is 0 Å². The molecule has 4 rings (SSSR count). The number of sulfonamides is 1. The number of amides is 1. The highest BCUT2D eigenvalue weighted by molar-refractivity contribution is 7.99. The number of anilines is 1. The van der Waals surface area contributed by atoms with E-state index in [4.69, 9.17) is 4.74 Å². The minimum absolute atomic E-state index is 0.0736. The smallest absolute Gasteiger partial charge is 0.244 e. The minimum atomic E-state index is -3.55. The highest BCUT2D eigenvalue weighted by Crippen LogP contribution is 2.21. The van der Waals surface area contributed by atoms with Crippen LogP contribution in [0.1, 0.15) is 0 Å². The molecular weight excluding hydrogens is 436 g/mol. The third kappa shape index (κ3) is 5.38. The molecule has 10 heteroatoms. The fraction of sp³-hybridized carbons (Fsp3) is 0.429. The largest absolute Gasteiger partial charge is 0.379 e. The molecule has 166 valence electrons. The molecular formula is C21H26N4O4S2.